The molecule has 0 amide bonds. The number of anilines is 1. The molecule has 6 heteroatoms. The number of rotatable bonds is 4. The first kappa shape index (κ1) is 17.2. The molecule has 0 radical (unpaired) electrons. The van der Waals surface area contributed by atoms with Crippen LogP contribution in [-0.4, -0.2) is 53.1 Å². The summed E-state index contributed by atoms with van der Waals surface area (Å²) in [5.41, 5.74) is 1.11. The Kier molecular flexibility index (Phi) is 4.69. The summed E-state index contributed by atoms with van der Waals surface area (Å²) in [5.74, 6) is 0.621. The van der Waals surface area contributed by atoms with Gasteiger partial charge >= 0.3 is 0 Å². The lowest BCUT2D eigenvalue weighted by molar-refractivity contribution is -0.153. The zero-order valence-corrected chi connectivity index (χ0v) is 15.6. The molecule has 3 aliphatic rings. The molecule has 1 saturated carbocycles. The van der Waals surface area contributed by atoms with Crippen LogP contribution in [0.2, 0.25) is 0 Å². The molecule has 1 N–H and O–H groups in total. The quantitative estimate of drug-likeness (QED) is 0.903. The average Bonchev–Trinajstić information content (AvgIpc) is 3.11. The highest BCUT2D eigenvalue weighted by Gasteiger charge is 2.49. The molecular formula is C19H30N4O2. The molecule has 4 rings (SSSR count). The molecule has 4 atom stereocenters. The Balaban J connectivity index is 1.38. The van der Waals surface area contributed by atoms with Crippen LogP contribution in [0.5, 0.6) is 0 Å². The molecule has 2 aliphatic heterocycles. The van der Waals surface area contributed by atoms with Gasteiger partial charge in [-0.2, -0.15) is 0 Å². The van der Waals surface area contributed by atoms with E-state index in [1.165, 1.54) is 12.8 Å². The van der Waals surface area contributed by atoms with Crippen LogP contribution in [0.25, 0.3) is 0 Å². The zero-order valence-electron chi connectivity index (χ0n) is 15.6. The smallest absolute Gasteiger partial charge is 0.163 e. The summed E-state index contributed by atoms with van der Waals surface area (Å²) in [7, 11) is 0. The second-order valence-corrected chi connectivity index (χ2v) is 8.00. The van der Waals surface area contributed by atoms with Gasteiger partial charge in [-0.1, -0.05) is 6.92 Å². The summed E-state index contributed by atoms with van der Waals surface area (Å²) in [6.07, 6.45) is 7.70. The summed E-state index contributed by atoms with van der Waals surface area (Å²) in [4.78, 5) is 11.2. The predicted molar refractivity (Wildman–Crippen MR) is 96.6 cm³/mol. The number of aryl methyl sites for hydroxylation is 1. The van der Waals surface area contributed by atoms with Crippen LogP contribution in [0.3, 0.4) is 0 Å². The van der Waals surface area contributed by atoms with Crippen LogP contribution in [0.4, 0.5) is 5.82 Å². The first-order valence-corrected chi connectivity index (χ1v) is 9.71. The van der Waals surface area contributed by atoms with Crippen LogP contribution < -0.4 is 10.2 Å². The van der Waals surface area contributed by atoms with E-state index in [0.29, 0.717) is 12.1 Å². The third-order valence-corrected chi connectivity index (χ3v) is 5.65. The van der Waals surface area contributed by atoms with Crippen molar-refractivity contribution in [3.8, 4) is 0 Å². The summed E-state index contributed by atoms with van der Waals surface area (Å²) >= 11 is 0. The standard InChI is InChI=1S/C19H30N4O2/c1-4-13-10-17(21-12-20-13)23-9-5-6-14(11-23)22-15-7-8-16-18(15)25-19(2,3)24-16/h10,12,14-16,18,22H,4-9,11H2,1-3H3/t14?,15?,16-,18+/m1/s1. The van der Waals surface area contributed by atoms with E-state index in [1.807, 2.05) is 13.8 Å². The summed E-state index contributed by atoms with van der Waals surface area (Å²) < 4.78 is 12.2. The molecular weight excluding hydrogens is 316 g/mol. The maximum atomic E-state index is 6.15. The number of hydrogen-bond acceptors (Lipinski definition) is 6. The molecule has 138 valence electrons. The first-order chi connectivity index (χ1) is 12.0. The second-order valence-electron chi connectivity index (χ2n) is 8.00. The minimum Gasteiger partial charge on any atom is -0.355 e. The van der Waals surface area contributed by atoms with Crippen molar-refractivity contribution in [3.05, 3.63) is 18.1 Å². The number of fused-ring (bicyclic) bond motifs is 1. The van der Waals surface area contributed by atoms with Gasteiger partial charge in [-0.15, -0.1) is 0 Å². The second kappa shape index (κ2) is 6.82. The van der Waals surface area contributed by atoms with E-state index in [0.717, 1.165) is 43.9 Å². The van der Waals surface area contributed by atoms with Crippen molar-refractivity contribution in [2.75, 3.05) is 18.0 Å². The highest BCUT2D eigenvalue weighted by atomic mass is 16.8. The molecule has 6 nitrogen and oxygen atoms in total. The Morgan fingerprint density at radius 2 is 2.12 bits per heavy atom. The van der Waals surface area contributed by atoms with E-state index in [9.17, 15) is 0 Å². The van der Waals surface area contributed by atoms with Crippen LogP contribution >= 0.6 is 0 Å². The van der Waals surface area contributed by atoms with Gasteiger partial charge in [0, 0.05) is 36.9 Å². The number of aromatic nitrogens is 2. The van der Waals surface area contributed by atoms with Gasteiger partial charge in [-0.25, -0.2) is 9.97 Å². The van der Waals surface area contributed by atoms with E-state index < -0.39 is 5.79 Å². The Morgan fingerprint density at radius 1 is 1.24 bits per heavy atom. The van der Waals surface area contributed by atoms with Gasteiger partial charge in [0.2, 0.25) is 0 Å². The Hall–Kier alpha value is -1.24. The van der Waals surface area contributed by atoms with Crippen molar-refractivity contribution >= 4 is 5.82 Å². The normalized spacial score (nSPS) is 34.3. The van der Waals surface area contributed by atoms with Crippen LogP contribution in [0, 0.1) is 0 Å². The van der Waals surface area contributed by atoms with Gasteiger partial charge in [0.15, 0.2) is 5.79 Å². The van der Waals surface area contributed by atoms with Gasteiger partial charge in [0.1, 0.15) is 18.2 Å². The molecule has 1 aliphatic carbocycles. The number of nitrogens with zero attached hydrogens (tertiary/aromatic N) is 3. The maximum absolute atomic E-state index is 6.15. The van der Waals surface area contributed by atoms with E-state index in [2.05, 4.69) is 33.2 Å². The molecule has 2 unspecified atom stereocenters. The Bertz CT molecular complexity index is 609. The van der Waals surface area contributed by atoms with Crippen LogP contribution in [0.1, 0.15) is 52.1 Å². The molecule has 1 aromatic heterocycles. The lowest BCUT2D eigenvalue weighted by Gasteiger charge is -2.36. The fourth-order valence-electron chi connectivity index (χ4n) is 4.49. The molecule has 3 heterocycles. The van der Waals surface area contributed by atoms with Crippen molar-refractivity contribution in [2.45, 2.75) is 83.0 Å². The van der Waals surface area contributed by atoms with Crippen molar-refractivity contribution in [3.63, 3.8) is 0 Å². The minimum absolute atomic E-state index is 0.191. The van der Waals surface area contributed by atoms with Crippen LogP contribution in [0.15, 0.2) is 12.4 Å². The predicted octanol–water partition coefficient (Wildman–Crippen LogP) is 2.28. The highest BCUT2D eigenvalue weighted by molar-refractivity contribution is 5.39. The highest BCUT2D eigenvalue weighted by Crippen LogP contribution is 2.38. The van der Waals surface area contributed by atoms with Gasteiger partial charge in [-0.3, -0.25) is 0 Å². The Labute approximate surface area is 150 Å². The summed E-state index contributed by atoms with van der Waals surface area (Å²) in [5, 5.41) is 3.87. The van der Waals surface area contributed by atoms with Crippen LogP contribution in [-0.2, 0) is 15.9 Å². The monoisotopic (exact) mass is 346 g/mol. The molecule has 2 saturated heterocycles. The number of hydrogen-bond donors (Lipinski definition) is 1. The van der Waals surface area contributed by atoms with Crippen molar-refractivity contribution in [1.29, 1.82) is 0 Å². The van der Waals surface area contributed by atoms with Crippen molar-refractivity contribution < 1.29 is 9.47 Å². The molecule has 0 spiro atoms. The third kappa shape index (κ3) is 3.66. The van der Waals surface area contributed by atoms with Gasteiger partial charge in [0.25, 0.3) is 0 Å². The van der Waals surface area contributed by atoms with E-state index in [4.69, 9.17) is 9.47 Å². The van der Waals surface area contributed by atoms with Gasteiger partial charge in [0.05, 0.1) is 6.10 Å². The Morgan fingerprint density at radius 3 is 2.96 bits per heavy atom. The molecule has 3 fully saturated rings. The molecule has 25 heavy (non-hydrogen) atoms. The SMILES string of the molecule is CCc1cc(N2CCCC(NC3CC[C@H]4OC(C)(C)O[C@@H]34)C2)ncn1. The largest absolute Gasteiger partial charge is 0.355 e. The number of nitrogens with one attached hydrogen (secondary N) is 1. The molecule has 0 aromatic carbocycles. The third-order valence-electron chi connectivity index (χ3n) is 5.65. The van der Waals surface area contributed by atoms with Crippen molar-refractivity contribution in [2.24, 2.45) is 0 Å². The average molecular weight is 346 g/mol. The van der Waals surface area contributed by atoms with E-state index >= 15 is 0 Å². The van der Waals surface area contributed by atoms with Gasteiger partial charge < -0.3 is 19.7 Å². The maximum Gasteiger partial charge on any atom is 0.163 e. The first-order valence-electron chi connectivity index (χ1n) is 9.71. The summed E-state index contributed by atoms with van der Waals surface area (Å²) in [6, 6.07) is 3.00. The molecule has 0 bridgehead atoms. The zero-order chi connectivity index (χ0) is 17.4. The van der Waals surface area contributed by atoms with E-state index in [1.54, 1.807) is 6.33 Å². The number of piperidine rings is 1. The fraction of sp³-hybridized carbons (Fsp3) is 0.789. The lowest BCUT2D eigenvalue weighted by atomic mass is 10.0. The van der Waals surface area contributed by atoms with Gasteiger partial charge in [-0.05, 0) is 46.0 Å². The lowest BCUT2D eigenvalue weighted by Crippen LogP contribution is -2.52. The topological polar surface area (TPSA) is 59.5 Å². The summed E-state index contributed by atoms with van der Waals surface area (Å²) in [6.45, 7) is 8.24. The van der Waals surface area contributed by atoms with Crippen molar-refractivity contribution in [1.82, 2.24) is 15.3 Å². The molecule has 1 aromatic rings. The number of ether oxygens (including phenoxy) is 2. The van der Waals surface area contributed by atoms with E-state index in [-0.39, 0.29) is 12.2 Å². The fourth-order valence-corrected chi connectivity index (χ4v) is 4.49. The minimum atomic E-state index is -0.439.